The number of fused-ring (bicyclic) bond motifs is 1. The summed E-state index contributed by atoms with van der Waals surface area (Å²) in [5.41, 5.74) is 5.86. The first kappa shape index (κ1) is 24.4. The molecule has 1 amide bonds. The van der Waals surface area contributed by atoms with Crippen LogP contribution in [0.15, 0.2) is 36.7 Å². The van der Waals surface area contributed by atoms with Gasteiger partial charge >= 0.3 is 6.18 Å². The predicted octanol–water partition coefficient (Wildman–Crippen LogP) is 3.12. The number of primary amides is 1. The van der Waals surface area contributed by atoms with Crippen molar-refractivity contribution < 1.29 is 23.1 Å². The molecule has 2 aromatic rings. The SMILES string of the molecule is C=C(C)C(O)C1CCC(N2CC(N(CC(N)=O)c3ncnc4ccc(C(F)(F)F)cc34)C2)CC1. The average molecular weight is 478 g/mol. The highest BCUT2D eigenvalue weighted by Crippen LogP contribution is 2.37. The van der Waals surface area contributed by atoms with Crippen LogP contribution in [0.5, 0.6) is 0 Å². The lowest BCUT2D eigenvalue weighted by Gasteiger charge is -2.50. The van der Waals surface area contributed by atoms with Crippen LogP contribution >= 0.6 is 0 Å². The second-order valence-corrected chi connectivity index (χ2v) is 9.49. The number of benzene rings is 1. The van der Waals surface area contributed by atoms with Crippen molar-refractivity contribution in [3.8, 4) is 0 Å². The first-order chi connectivity index (χ1) is 16.0. The van der Waals surface area contributed by atoms with Crippen molar-refractivity contribution in [2.75, 3.05) is 24.5 Å². The number of likely N-dealkylation sites (tertiary alicyclic amines) is 1. The Kier molecular flexibility index (Phi) is 6.82. The standard InChI is InChI=1S/C24H30F3N5O2/c1-14(2)22(34)15-3-6-17(7-4-15)31-10-18(11-31)32(12-21(28)33)23-19-9-16(24(25,26)27)5-8-20(19)29-13-30-23/h5,8-9,13,15,17-18,22,34H,1,3-4,6-7,10-12H2,2H3,(H2,28,33). The summed E-state index contributed by atoms with van der Waals surface area (Å²) < 4.78 is 40.0. The van der Waals surface area contributed by atoms with Gasteiger partial charge in [-0.15, -0.1) is 0 Å². The molecule has 1 aliphatic heterocycles. The number of halogens is 3. The molecule has 34 heavy (non-hydrogen) atoms. The Balaban J connectivity index is 1.50. The number of alkyl halides is 3. The molecule has 7 nitrogen and oxygen atoms in total. The van der Waals surface area contributed by atoms with Crippen molar-refractivity contribution in [1.82, 2.24) is 14.9 Å². The van der Waals surface area contributed by atoms with E-state index in [1.807, 2.05) is 6.92 Å². The molecule has 1 atom stereocenters. The summed E-state index contributed by atoms with van der Waals surface area (Å²) in [7, 11) is 0. The highest BCUT2D eigenvalue weighted by molar-refractivity contribution is 5.92. The van der Waals surface area contributed by atoms with E-state index in [9.17, 15) is 23.1 Å². The molecule has 1 unspecified atom stereocenters. The normalized spacial score (nSPS) is 22.9. The number of amides is 1. The fraction of sp³-hybridized carbons (Fsp3) is 0.542. The number of aliphatic hydroxyl groups excluding tert-OH is 1. The van der Waals surface area contributed by atoms with Gasteiger partial charge in [0.25, 0.3) is 0 Å². The zero-order valence-electron chi connectivity index (χ0n) is 19.1. The number of anilines is 1. The molecule has 1 saturated heterocycles. The smallest absolute Gasteiger partial charge is 0.388 e. The number of aliphatic hydroxyl groups is 1. The van der Waals surface area contributed by atoms with Gasteiger partial charge < -0.3 is 15.7 Å². The Bertz CT molecular complexity index is 1060. The topological polar surface area (TPSA) is 95.6 Å². The van der Waals surface area contributed by atoms with E-state index in [1.165, 1.54) is 12.4 Å². The maximum Gasteiger partial charge on any atom is 0.416 e. The van der Waals surface area contributed by atoms with E-state index in [4.69, 9.17) is 5.73 Å². The van der Waals surface area contributed by atoms with E-state index in [2.05, 4.69) is 21.4 Å². The number of hydrogen-bond acceptors (Lipinski definition) is 6. The minimum atomic E-state index is -4.50. The van der Waals surface area contributed by atoms with E-state index < -0.39 is 23.8 Å². The van der Waals surface area contributed by atoms with Crippen molar-refractivity contribution in [1.29, 1.82) is 0 Å². The van der Waals surface area contributed by atoms with Crippen molar-refractivity contribution >= 4 is 22.6 Å². The van der Waals surface area contributed by atoms with Crippen LogP contribution in [-0.2, 0) is 11.0 Å². The predicted molar refractivity (Wildman–Crippen MR) is 123 cm³/mol. The van der Waals surface area contributed by atoms with Crippen LogP contribution in [0.2, 0.25) is 0 Å². The molecule has 184 valence electrons. The van der Waals surface area contributed by atoms with Gasteiger partial charge in [-0.05, 0) is 56.7 Å². The van der Waals surface area contributed by atoms with Crippen LogP contribution in [0.4, 0.5) is 19.0 Å². The van der Waals surface area contributed by atoms with E-state index in [-0.39, 0.29) is 29.7 Å². The monoisotopic (exact) mass is 477 g/mol. The fourth-order valence-electron chi connectivity index (χ4n) is 5.16. The number of carbonyl (C=O) groups excluding carboxylic acids is 1. The molecular weight excluding hydrogens is 447 g/mol. The first-order valence-electron chi connectivity index (χ1n) is 11.5. The molecule has 2 fully saturated rings. The van der Waals surface area contributed by atoms with Crippen LogP contribution in [-0.4, -0.2) is 63.7 Å². The summed E-state index contributed by atoms with van der Waals surface area (Å²) in [5, 5.41) is 10.5. The summed E-state index contributed by atoms with van der Waals surface area (Å²) in [4.78, 5) is 24.2. The molecule has 1 aromatic carbocycles. The van der Waals surface area contributed by atoms with Crippen LogP contribution < -0.4 is 10.6 Å². The van der Waals surface area contributed by atoms with Gasteiger partial charge in [0.05, 0.1) is 29.8 Å². The molecule has 4 rings (SSSR count). The zero-order valence-corrected chi connectivity index (χ0v) is 19.1. The number of nitrogens with zero attached hydrogens (tertiary/aromatic N) is 4. The van der Waals surface area contributed by atoms with Gasteiger partial charge in [0.15, 0.2) is 0 Å². The number of rotatable bonds is 7. The summed E-state index contributed by atoms with van der Waals surface area (Å²) in [6, 6.07) is 3.61. The molecule has 0 radical (unpaired) electrons. The lowest BCUT2D eigenvalue weighted by atomic mass is 9.79. The summed E-state index contributed by atoms with van der Waals surface area (Å²) in [6.07, 6.45) is 0.0851. The summed E-state index contributed by atoms with van der Waals surface area (Å²) in [6.45, 7) is 6.89. The molecule has 2 aliphatic rings. The minimum Gasteiger partial charge on any atom is -0.388 e. The Labute approximate surface area is 196 Å². The molecule has 3 N–H and O–H groups in total. The number of carbonyl (C=O) groups is 1. The van der Waals surface area contributed by atoms with Crippen LogP contribution in [0.3, 0.4) is 0 Å². The van der Waals surface area contributed by atoms with Gasteiger partial charge in [0, 0.05) is 24.5 Å². The Morgan fingerprint density at radius 3 is 2.53 bits per heavy atom. The Morgan fingerprint density at radius 2 is 1.94 bits per heavy atom. The van der Waals surface area contributed by atoms with E-state index in [0.29, 0.717) is 24.6 Å². The third-order valence-electron chi connectivity index (χ3n) is 7.08. The highest BCUT2D eigenvalue weighted by Gasteiger charge is 2.40. The Hall–Kier alpha value is -2.72. The van der Waals surface area contributed by atoms with Gasteiger partial charge in [-0.1, -0.05) is 12.2 Å². The Morgan fingerprint density at radius 1 is 1.26 bits per heavy atom. The molecule has 2 heterocycles. The van der Waals surface area contributed by atoms with Crippen LogP contribution in [0.1, 0.15) is 38.2 Å². The summed E-state index contributed by atoms with van der Waals surface area (Å²) in [5.74, 6) is -0.0632. The lowest BCUT2D eigenvalue weighted by molar-refractivity contribution is -0.137. The van der Waals surface area contributed by atoms with Crippen molar-refractivity contribution in [2.24, 2.45) is 11.7 Å². The third-order valence-corrected chi connectivity index (χ3v) is 7.08. The van der Waals surface area contributed by atoms with Gasteiger partial charge in [0.1, 0.15) is 12.1 Å². The van der Waals surface area contributed by atoms with Gasteiger partial charge in [-0.3, -0.25) is 9.69 Å². The quantitative estimate of drug-likeness (QED) is 0.595. The largest absolute Gasteiger partial charge is 0.416 e. The number of aromatic nitrogens is 2. The van der Waals surface area contributed by atoms with Gasteiger partial charge in [-0.2, -0.15) is 13.2 Å². The van der Waals surface area contributed by atoms with Crippen LogP contribution in [0, 0.1) is 5.92 Å². The maximum absolute atomic E-state index is 13.3. The molecular formula is C24H30F3N5O2. The van der Waals surface area contributed by atoms with Crippen molar-refractivity contribution in [3.63, 3.8) is 0 Å². The fourth-order valence-corrected chi connectivity index (χ4v) is 5.16. The van der Waals surface area contributed by atoms with Crippen molar-refractivity contribution in [3.05, 3.63) is 42.2 Å². The number of nitrogens with two attached hydrogens (primary N) is 1. The van der Waals surface area contributed by atoms with E-state index in [1.54, 1.807) is 4.90 Å². The molecule has 0 bridgehead atoms. The highest BCUT2D eigenvalue weighted by atomic mass is 19.4. The number of hydrogen-bond donors (Lipinski definition) is 2. The molecule has 1 saturated carbocycles. The summed E-state index contributed by atoms with van der Waals surface area (Å²) >= 11 is 0. The third kappa shape index (κ3) is 5.02. The van der Waals surface area contributed by atoms with Gasteiger partial charge in [0.2, 0.25) is 5.91 Å². The van der Waals surface area contributed by atoms with Crippen LogP contribution in [0.25, 0.3) is 10.9 Å². The molecule has 10 heteroatoms. The van der Waals surface area contributed by atoms with E-state index in [0.717, 1.165) is 43.4 Å². The average Bonchev–Trinajstić information content (AvgIpc) is 2.75. The van der Waals surface area contributed by atoms with Crippen molar-refractivity contribution in [2.45, 2.75) is 57.0 Å². The first-order valence-corrected chi connectivity index (χ1v) is 11.5. The maximum atomic E-state index is 13.3. The molecule has 1 aliphatic carbocycles. The minimum absolute atomic E-state index is 0.0983. The second-order valence-electron chi connectivity index (χ2n) is 9.49. The lowest BCUT2D eigenvalue weighted by Crippen LogP contribution is -2.64. The zero-order chi connectivity index (χ0) is 24.6. The van der Waals surface area contributed by atoms with Gasteiger partial charge in [-0.25, -0.2) is 9.97 Å². The molecule has 0 spiro atoms. The molecule has 1 aromatic heterocycles. The van der Waals surface area contributed by atoms with E-state index >= 15 is 0 Å². The second kappa shape index (κ2) is 9.50.